The molecule has 2 aromatic carbocycles. The summed E-state index contributed by atoms with van der Waals surface area (Å²) >= 11 is 6.95. The van der Waals surface area contributed by atoms with Crippen molar-refractivity contribution in [1.82, 2.24) is 4.90 Å². The molecule has 1 saturated heterocycles. The monoisotopic (exact) mass is 391 g/mol. The number of anilines is 1. The fourth-order valence-corrected chi connectivity index (χ4v) is 3.69. The van der Waals surface area contributed by atoms with Gasteiger partial charge in [-0.15, -0.1) is 0 Å². The summed E-state index contributed by atoms with van der Waals surface area (Å²) in [6.07, 6.45) is 0.0337. The summed E-state index contributed by atoms with van der Waals surface area (Å²) in [7, 11) is 1.59. The van der Waals surface area contributed by atoms with Crippen molar-refractivity contribution in [2.24, 2.45) is 4.99 Å². The molecule has 2 amide bonds. The second-order valence-corrected chi connectivity index (χ2v) is 7.19. The molecular formula is C18H15ClFN3O2S. The first-order valence-corrected chi connectivity index (χ1v) is 9.02. The average molecular weight is 392 g/mol. The first kappa shape index (κ1) is 18.4. The number of aliphatic imine (C=N–C) groups is 1. The second kappa shape index (κ2) is 7.88. The van der Waals surface area contributed by atoms with Crippen LogP contribution in [0, 0.1) is 5.82 Å². The number of carbonyl (C=O) groups excluding carboxylic acids is 2. The average Bonchev–Trinajstić information content (AvgIpc) is 2.87. The molecule has 1 fully saturated rings. The first-order valence-electron chi connectivity index (χ1n) is 7.77. The number of para-hydroxylation sites is 1. The third kappa shape index (κ3) is 4.23. The molecule has 8 heteroatoms. The smallest absolute Gasteiger partial charge is 0.242 e. The van der Waals surface area contributed by atoms with E-state index in [1.807, 2.05) is 18.2 Å². The third-order valence-electron chi connectivity index (χ3n) is 3.70. The highest BCUT2D eigenvalue weighted by molar-refractivity contribution is 8.15. The van der Waals surface area contributed by atoms with Crippen molar-refractivity contribution in [3.63, 3.8) is 0 Å². The van der Waals surface area contributed by atoms with Crippen LogP contribution in [0.25, 0.3) is 0 Å². The van der Waals surface area contributed by atoms with Gasteiger partial charge >= 0.3 is 0 Å². The lowest BCUT2D eigenvalue weighted by Crippen LogP contribution is -2.30. The first-order chi connectivity index (χ1) is 12.4. The molecule has 1 aliphatic rings. The number of thioether (sulfide) groups is 1. The number of amidine groups is 1. The molecule has 2 aromatic rings. The van der Waals surface area contributed by atoms with Crippen molar-refractivity contribution >= 4 is 51.7 Å². The largest absolute Gasteiger partial charge is 0.326 e. The van der Waals surface area contributed by atoms with Gasteiger partial charge in [0, 0.05) is 19.2 Å². The van der Waals surface area contributed by atoms with E-state index >= 15 is 0 Å². The van der Waals surface area contributed by atoms with E-state index in [0.29, 0.717) is 16.5 Å². The molecular weight excluding hydrogens is 377 g/mol. The van der Waals surface area contributed by atoms with Crippen LogP contribution in [0.2, 0.25) is 5.02 Å². The maximum atomic E-state index is 13.2. The molecule has 0 radical (unpaired) electrons. The maximum absolute atomic E-state index is 13.2. The zero-order chi connectivity index (χ0) is 18.7. The molecule has 1 aliphatic heterocycles. The number of hydrogen-bond donors (Lipinski definition) is 1. The topological polar surface area (TPSA) is 61.8 Å². The number of hydrogen-bond acceptors (Lipinski definition) is 4. The van der Waals surface area contributed by atoms with Gasteiger partial charge in [0.2, 0.25) is 11.8 Å². The minimum Gasteiger partial charge on any atom is -0.326 e. The van der Waals surface area contributed by atoms with E-state index in [1.54, 1.807) is 19.2 Å². The lowest BCUT2D eigenvalue weighted by molar-refractivity contribution is -0.127. The van der Waals surface area contributed by atoms with Gasteiger partial charge in [-0.1, -0.05) is 41.6 Å². The van der Waals surface area contributed by atoms with Crippen LogP contribution >= 0.6 is 23.4 Å². The molecule has 0 saturated carbocycles. The van der Waals surface area contributed by atoms with Crippen molar-refractivity contribution in [3.8, 4) is 0 Å². The number of rotatable bonds is 4. The van der Waals surface area contributed by atoms with Crippen LogP contribution in [0.5, 0.6) is 0 Å². The number of benzene rings is 2. The molecule has 134 valence electrons. The Morgan fingerprint density at radius 3 is 2.73 bits per heavy atom. The van der Waals surface area contributed by atoms with Crippen LogP contribution < -0.4 is 5.32 Å². The predicted molar refractivity (Wildman–Crippen MR) is 102 cm³/mol. The Morgan fingerprint density at radius 2 is 2.04 bits per heavy atom. The summed E-state index contributed by atoms with van der Waals surface area (Å²) in [5.41, 5.74) is 1.11. The maximum Gasteiger partial charge on any atom is 0.242 e. The minimum atomic E-state index is -0.557. The molecule has 0 spiro atoms. The van der Waals surface area contributed by atoms with Crippen LogP contribution in [-0.2, 0) is 9.59 Å². The van der Waals surface area contributed by atoms with Crippen LogP contribution in [0.3, 0.4) is 0 Å². The van der Waals surface area contributed by atoms with Gasteiger partial charge in [0.25, 0.3) is 0 Å². The summed E-state index contributed by atoms with van der Waals surface area (Å²) < 4.78 is 13.2. The number of carbonyl (C=O) groups is 2. The highest BCUT2D eigenvalue weighted by Gasteiger charge is 2.37. The van der Waals surface area contributed by atoms with E-state index in [9.17, 15) is 14.0 Å². The molecule has 5 nitrogen and oxygen atoms in total. The van der Waals surface area contributed by atoms with Gasteiger partial charge in [-0.05, 0) is 30.3 Å². The second-order valence-electron chi connectivity index (χ2n) is 5.61. The van der Waals surface area contributed by atoms with Gasteiger partial charge in [0.05, 0.1) is 10.7 Å². The summed E-state index contributed by atoms with van der Waals surface area (Å²) in [5.74, 6) is -0.985. The number of amides is 2. The Balaban J connectivity index is 1.69. The van der Waals surface area contributed by atoms with Gasteiger partial charge in [0.15, 0.2) is 5.17 Å². The fourth-order valence-electron chi connectivity index (χ4n) is 2.36. The summed E-state index contributed by atoms with van der Waals surface area (Å²) in [6.45, 7) is 0. The minimum absolute atomic E-state index is 0.0337. The Kier molecular flexibility index (Phi) is 5.58. The summed E-state index contributed by atoms with van der Waals surface area (Å²) in [6, 6.07) is 13.1. The molecule has 0 aromatic heterocycles. The Hall–Kier alpha value is -2.38. The van der Waals surface area contributed by atoms with Crippen molar-refractivity contribution in [2.45, 2.75) is 11.7 Å². The van der Waals surface area contributed by atoms with E-state index in [0.717, 1.165) is 0 Å². The molecule has 0 bridgehead atoms. The molecule has 0 aliphatic carbocycles. The quantitative estimate of drug-likeness (QED) is 0.854. The normalized spacial score (nSPS) is 18.4. The van der Waals surface area contributed by atoms with Crippen LogP contribution in [0.1, 0.15) is 6.42 Å². The summed E-state index contributed by atoms with van der Waals surface area (Å²) in [4.78, 5) is 30.3. The Bertz CT molecular complexity index is 876. The fraction of sp³-hybridized carbons (Fsp3) is 0.167. The van der Waals surface area contributed by atoms with E-state index in [1.165, 1.54) is 34.9 Å². The lowest BCUT2D eigenvalue weighted by atomic mass is 10.2. The Labute approximate surface area is 159 Å². The van der Waals surface area contributed by atoms with Gasteiger partial charge in [-0.3, -0.25) is 14.5 Å². The van der Waals surface area contributed by atoms with E-state index in [-0.39, 0.29) is 23.3 Å². The zero-order valence-electron chi connectivity index (χ0n) is 13.8. The van der Waals surface area contributed by atoms with Gasteiger partial charge in [-0.25, -0.2) is 9.38 Å². The molecule has 0 unspecified atom stereocenters. The van der Waals surface area contributed by atoms with Crippen LogP contribution in [0.15, 0.2) is 53.5 Å². The third-order valence-corrected chi connectivity index (χ3v) is 5.22. The standard InChI is InChI=1S/C18H15ClFN3O2S/c1-23-17(25)15(10-16(24)21-11-5-3-2-4-6-11)26-18(23)22-12-7-8-14(20)13(19)9-12/h2-9,15H,10H2,1H3,(H,21,24)/t15-/m0/s1. The zero-order valence-corrected chi connectivity index (χ0v) is 15.4. The molecule has 1 atom stereocenters. The highest BCUT2D eigenvalue weighted by Crippen LogP contribution is 2.31. The van der Waals surface area contributed by atoms with Crippen LogP contribution in [-0.4, -0.2) is 34.2 Å². The van der Waals surface area contributed by atoms with Gasteiger partial charge in [0.1, 0.15) is 11.1 Å². The van der Waals surface area contributed by atoms with E-state index in [4.69, 9.17) is 11.6 Å². The van der Waals surface area contributed by atoms with E-state index < -0.39 is 11.1 Å². The van der Waals surface area contributed by atoms with Gasteiger partial charge in [-0.2, -0.15) is 0 Å². The summed E-state index contributed by atoms with van der Waals surface area (Å²) in [5, 5.41) is 2.60. The molecule has 26 heavy (non-hydrogen) atoms. The van der Waals surface area contributed by atoms with Crippen molar-refractivity contribution in [3.05, 3.63) is 59.4 Å². The van der Waals surface area contributed by atoms with Crippen molar-refractivity contribution in [1.29, 1.82) is 0 Å². The van der Waals surface area contributed by atoms with E-state index in [2.05, 4.69) is 10.3 Å². The molecule has 3 rings (SSSR count). The van der Waals surface area contributed by atoms with Crippen LogP contribution in [0.4, 0.5) is 15.8 Å². The predicted octanol–water partition coefficient (Wildman–Crippen LogP) is 4.07. The lowest BCUT2D eigenvalue weighted by Gasteiger charge is -2.09. The molecule has 1 N–H and O–H groups in total. The number of nitrogens with one attached hydrogen (secondary N) is 1. The van der Waals surface area contributed by atoms with Gasteiger partial charge < -0.3 is 5.32 Å². The van der Waals surface area contributed by atoms with Crippen molar-refractivity contribution < 1.29 is 14.0 Å². The number of halogens is 2. The SMILES string of the molecule is CN1C(=O)[C@H](CC(=O)Nc2ccccc2)SC1=Nc1ccc(F)c(Cl)c1. The Morgan fingerprint density at radius 1 is 1.31 bits per heavy atom. The molecule has 1 heterocycles. The van der Waals surface area contributed by atoms with Crippen molar-refractivity contribution in [2.75, 3.05) is 12.4 Å². The highest BCUT2D eigenvalue weighted by atomic mass is 35.5. The number of nitrogens with zero attached hydrogens (tertiary/aromatic N) is 2.